The molecule has 1 saturated heterocycles. The summed E-state index contributed by atoms with van der Waals surface area (Å²) in [5.41, 5.74) is 1.87. The molecule has 0 aromatic heterocycles. The molecule has 1 atom stereocenters. The minimum atomic E-state index is -0.0477. The Morgan fingerprint density at radius 1 is 1.18 bits per heavy atom. The Morgan fingerprint density at radius 2 is 1.86 bits per heavy atom. The fourth-order valence-corrected chi connectivity index (χ4v) is 3.24. The monoisotopic (exact) mass is 405 g/mol. The number of carbonyl (C=O) groups is 1. The van der Waals surface area contributed by atoms with Gasteiger partial charge in [-0.15, -0.1) is 0 Å². The van der Waals surface area contributed by atoms with Crippen molar-refractivity contribution >= 4 is 28.5 Å². The van der Waals surface area contributed by atoms with Crippen LogP contribution in [0.4, 0.5) is 0 Å². The highest BCUT2D eigenvalue weighted by atomic mass is 127. The van der Waals surface area contributed by atoms with E-state index in [0.29, 0.717) is 18.1 Å². The number of halogens is 1. The summed E-state index contributed by atoms with van der Waals surface area (Å²) < 4.78 is 6.47. The molecule has 0 aliphatic carbocycles. The first-order valence-electron chi connectivity index (χ1n) is 7.10. The van der Waals surface area contributed by atoms with Crippen LogP contribution in [-0.2, 0) is 11.2 Å². The van der Waals surface area contributed by atoms with Crippen molar-refractivity contribution in [2.75, 3.05) is 6.61 Å². The van der Waals surface area contributed by atoms with Gasteiger partial charge in [-0.2, -0.15) is 0 Å². The topological polar surface area (TPSA) is 29.5 Å². The van der Waals surface area contributed by atoms with Crippen LogP contribution in [0, 0.1) is 3.57 Å². The molecule has 112 valence electrons. The molecule has 1 aliphatic rings. The Bertz CT molecular complexity index is 699. The van der Waals surface area contributed by atoms with Crippen molar-refractivity contribution in [3.8, 4) is 0 Å². The van der Waals surface area contributed by atoms with Gasteiger partial charge in [-0.3, -0.25) is 9.69 Å². The molecule has 0 N–H and O–H groups in total. The SMILES string of the molecule is C=C1OC[C@H](Cc2ccccc2)N1C(=O)c1ccccc1I. The van der Waals surface area contributed by atoms with E-state index in [9.17, 15) is 4.79 Å². The van der Waals surface area contributed by atoms with Crippen molar-refractivity contribution in [1.29, 1.82) is 0 Å². The molecule has 1 aliphatic heterocycles. The number of amides is 1. The van der Waals surface area contributed by atoms with E-state index in [1.54, 1.807) is 4.90 Å². The lowest BCUT2D eigenvalue weighted by Gasteiger charge is -2.22. The van der Waals surface area contributed by atoms with Crippen LogP contribution in [0.3, 0.4) is 0 Å². The van der Waals surface area contributed by atoms with Gasteiger partial charge in [0, 0.05) is 3.57 Å². The molecule has 2 aromatic rings. The van der Waals surface area contributed by atoms with Gasteiger partial charge in [0.15, 0.2) is 5.88 Å². The molecule has 22 heavy (non-hydrogen) atoms. The zero-order valence-corrected chi connectivity index (χ0v) is 14.2. The van der Waals surface area contributed by atoms with Gasteiger partial charge in [0.2, 0.25) is 0 Å². The molecule has 3 nitrogen and oxygen atoms in total. The average Bonchev–Trinajstić information content (AvgIpc) is 2.89. The van der Waals surface area contributed by atoms with Crippen LogP contribution in [0.1, 0.15) is 15.9 Å². The lowest BCUT2D eigenvalue weighted by atomic mass is 10.0. The van der Waals surface area contributed by atoms with E-state index in [0.717, 1.165) is 9.99 Å². The van der Waals surface area contributed by atoms with Gasteiger partial charge < -0.3 is 4.74 Å². The molecular formula is C18H16INO2. The first-order valence-corrected chi connectivity index (χ1v) is 8.18. The molecule has 0 unspecified atom stereocenters. The third-order valence-electron chi connectivity index (χ3n) is 3.71. The molecule has 1 amide bonds. The predicted molar refractivity (Wildman–Crippen MR) is 94.4 cm³/mol. The number of rotatable bonds is 3. The number of benzene rings is 2. The fourth-order valence-electron chi connectivity index (χ4n) is 2.62. The second kappa shape index (κ2) is 6.52. The molecule has 3 rings (SSSR count). The highest BCUT2D eigenvalue weighted by Crippen LogP contribution is 2.26. The van der Waals surface area contributed by atoms with Crippen LogP contribution in [0.25, 0.3) is 0 Å². The first-order chi connectivity index (χ1) is 10.7. The summed E-state index contributed by atoms with van der Waals surface area (Å²) >= 11 is 2.18. The van der Waals surface area contributed by atoms with Crippen molar-refractivity contribution in [3.05, 3.63) is 81.8 Å². The van der Waals surface area contributed by atoms with Crippen LogP contribution in [0.15, 0.2) is 67.1 Å². The largest absolute Gasteiger partial charge is 0.477 e. The summed E-state index contributed by atoms with van der Waals surface area (Å²) in [6, 6.07) is 17.7. The molecule has 0 saturated carbocycles. The molecule has 1 fully saturated rings. The second-order valence-corrected chi connectivity index (χ2v) is 6.37. The minimum Gasteiger partial charge on any atom is -0.477 e. The number of ether oxygens (including phenoxy) is 1. The van der Waals surface area contributed by atoms with Crippen LogP contribution >= 0.6 is 22.6 Å². The Morgan fingerprint density at radius 3 is 2.59 bits per heavy atom. The molecule has 0 spiro atoms. The van der Waals surface area contributed by atoms with Crippen molar-refractivity contribution in [1.82, 2.24) is 4.90 Å². The van der Waals surface area contributed by atoms with E-state index in [-0.39, 0.29) is 11.9 Å². The normalized spacial score (nSPS) is 17.4. The van der Waals surface area contributed by atoms with E-state index in [1.165, 1.54) is 5.56 Å². The second-order valence-electron chi connectivity index (χ2n) is 5.20. The van der Waals surface area contributed by atoms with Gasteiger partial charge >= 0.3 is 0 Å². The molecule has 4 heteroatoms. The summed E-state index contributed by atoms with van der Waals surface area (Å²) in [5, 5.41) is 0. The van der Waals surface area contributed by atoms with Crippen LogP contribution in [-0.4, -0.2) is 23.5 Å². The standard InChI is InChI=1S/C18H16INO2/c1-13-20(18(21)16-9-5-6-10-17(16)19)15(12-22-13)11-14-7-3-2-4-8-14/h2-10,15H,1,11-12H2/t15-/m0/s1. The smallest absolute Gasteiger partial charge is 0.262 e. The van der Waals surface area contributed by atoms with Crippen LogP contribution < -0.4 is 0 Å². The van der Waals surface area contributed by atoms with Crippen molar-refractivity contribution in [2.24, 2.45) is 0 Å². The lowest BCUT2D eigenvalue weighted by Crippen LogP contribution is -2.37. The van der Waals surface area contributed by atoms with Crippen LogP contribution in [0.2, 0.25) is 0 Å². The zero-order valence-electron chi connectivity index (χ0n) is 12.0. The van der Waals surface area contributed by atoms with E-state index in [2.05, 4.69) is 41.3 Å². The number of hydrogen-bond acceptors (Lipinski definition) is 2. The van der Waals surface area contributed by atoms with Gasteiger partial charge in [0.1, 0.15) is 6.61 Å². The summed E-state index contributed by atoms with van der Waals surface area (Å²) in [5.74, 6) is 0.388. The summed E-state index contributed by atoms with van der Waals surface area (Å²) in [7, 11) is 0. The average molecular weight is 405 g/mol. The highest BCUT2D eigenvalue weighted by molar-refractivity contribution is 14.1. The third-order valence-corrected chi connectivity index (χ3v) is 4.65. The summed E-state index contributed by atoms with van der Waals surface area (Å²) in [6.07, 6.45) is 0.759. The third kappa shape index (κ3) is 3.02. The zero-order chi connectivity index (χ0) is 15.5. The maximum atomic E-state index is 12.9. The van der Waals surface area contributed by atoms with Crippen LogP contribution in [0.5, 0.6) is 0 Å². The van der Waals surface area contributed by atoms with Gasteiger partial charge in [0.25, 0.3) is 5.91 Å². The van der Waals surface area contributed by atoms with E-state index >= 15 is 0 Å². The maximum Gasteiger partial charge on any atom is 0.262 e. The molecular weight excluding hydrogens is 389 g/mol. The van der Waals surface area contributed by atoms with Crippen molar-refractivity contribution < 1.29 is 9.53 Å². The highest BCUT2D eigenvalue weighted by Gasteiger charge is 2.34. The molecule has 2 aromatic carbocycles. The number of hydrogen-bond donors (Lipinski definition) is 0. The van der Waals surface area contributed by atoms with Crippen molar-refractivity contribution in [2.45, 2.75) is 12.5 Å². The predicted octanol–water partition coefficient (Wildman–Crippen LogP) is 3.85. The Balaban J connectivity index is 1.85. The quantitative estimate of drug-likeness (QED) is 0.727. The first kappa shape index (κ1) is 15.1. The van der Waals surface area contributed by atoms with Crippen molar-refractivity contribution in [3.63, 3.8) is 0 Å². The fraction of sp³-hybridized carbons (Fsp3) is 0.167. The Hall–Kier alpha value is -1.82. The number of nitrogens with zero attached hydrogens (tertiary/aromatic N) is 1. The minimum absolute atomic E-state index is 0.0154. The van der Waals surface area contributed by atoms with Gasteiger partial charge in [-0.1, -0.05) is 42.5 Å². The molecule has 0 radical (unpaired) electrons. The van der Waals surface area contributed by atoms with Gasteiger partial charge in [-0.25, -0.2) is 0 Å². The van der Waals surface area contributed by atoms with E-state index in [4.69, 9.17) is 4.74 Å². The summed E-state index contributed by atoms with van der Waals surface area (Å²) in [6.45, 7) is 4.37. The number of carbonyl (C=O) groups excluding carboxylic acids is 1. The Kier molecular flexibility index (Phi) is 4.47. The maximum absolute atomic E-state index is 12.9. The van der Waals surface area contributed by atoms with E-state index < -0.39 is 0 Å². The molecule has 1 heterocycles. The van der Waals surface area contributed by atoms with Gasteiger partial charge in [0.05, 0.1) is 11.6 Å². The van der Waals surface area contributed by atoms with Gasteiger partial charge in [-0.05, 0) is 53.3 Å². The van der Waals surface area contributed by atoms with E-state index in [1.807, 2.05) is 42.5 Å². The summed E-state index contributed by atoms with van der Waals surface area (Å²) in [4.78, 5) is 14.5. The lowest BCUT2D eigenvalue weighted by molar-refractivity contribution is 0.0767. The Labute approximate surface area is 143 Å². The molecule has 0 bridgehead atoms.